The number of aromatic nitrogens is 2. The van der Waals surface area contributed by atoms with E-state index in [0.717, 1.165) is 4.47 Å². The topological polar surface area (TPSA) is 94.8 Å². The van der Waals surface area contributed by atoms with Crippen LogP contribution in [0, 0.1) is 5.82 Å². The van der Waals surface area contributed by atoms with Gasteiger partial charge in [0.05, 0.1) is 23.7 Å². The average Bonchev–Trinajstić information content (AvgIpc) is 2.88. The Bertz CT molecular complexity index is 1540. The van der Waals surface area contributed by atoms with E-state index in [4.69, 9.17) is 9.47 Å². The van der Waals surface area contributed by atoms with Crippen LogP contribution in [0.3, 0.4) is 0 Å². The molecular weight excluding hydrogens is 543 g/mol. The van der Waals surface area contributed by atoms with Gasteiger partial charge in [-0.05, 0) is 67.1 Å². The van der Waals surface area contributed by atoms with Crippen LogP contribution < -0.4 is 20.3 Å². The van der Waals surface area contributed by atoms with E-state index in [2.05, 4.69) is 31.3 Å². The summed E-state index contributed by atoms with van der Waals surface area (Å²) in [5, 5.41) is 7.43. The highest BCUT2D eigenvalue weighted by molar-refractivity contribution is 9.10. The minimum atomic E-state index is -0.449. The van der Waals surface area contributed by atoms with E-state index < -0.39 is 11.7 Å². The van der Waals surface area contributed by atoms with Gasteiger partial charge in [-0.2, -0.15) is 9.78 Å². The van der Waals surface area contributed by atoms with Crippen molar-refractivity contribution in [3.8, 4) is 11.5 Å². The van der Waals surface area contributed by atoms with Gasteiger partial charge in [0, 0.05) is 16.6 Å². The SMILES string of the molecule is CCOc1cc(C=Nn2c(CC)nc3ccc(Br)cc3c2=O)ccc1OCC(=O)Nc1cccc(F)c1. The number of hydrogen-bond acceptors (Lipinski definition) is 6. The molecule has 1 N–H and O–H groups in total. The summed E-state index contributed by atoms with van der Waals surface area (Å²) in [6.07, 6.45) is 2.06. The zero-order valence-electron chi connectivity index (χ0n) is 20.2. The molecule has 0 bridgehead atoms. The Hall–Kier alpha value is -4.05. The van der Waals surface area contributed by atoms with Crippen LogP contribution in [0.1, 0.15) is 25.2 Å². The third-order valence-corrected chi connectivity index (χ3v) is 5.74. The summed E-state index contributed by atoms with van der Waals surface area (Å²) in [5.74, 6) is 0.409. The first kappa shape index (κ1) is 26.0. The van der Waals surface area contributed by atoms with E-state index in [1.54, 1.807) is 36.4 Å². The highest BCUT2D eigenvalue weighted by Crippen LogP contribution is 2.28. The van der Waals surface area contributed by atoms with Gasteiger partial charge in [-0.15, -0.1) is 0 Å². The van der Waals surface area contributed by atoms with Crippen LogP contribution in [-0.2, 0) is 11.2 Å². The van der Waals surface area contributed by atoms with E-state index in [9.17, 15) is 14.0 Å². The van der Waals surface area contributed by atoms with Crippen LogP contribution in [0.25, 0.3) is 10.9 Å². The number of rotatable bonds is 9. The maximum Gasteiger partial charge on any atom is 0.282 e. The summed E-state index contributed by atoms with van der Waals surface area (Å²) >= 11 is 3.39. The summed E-state index contributed by atoms with van der Waals surface area (Å²) in [4.78, 5) is 29.9. The largest absolute Gasteiger partial charge is 0.490 e. The van der Waals surface area contributed by atoms with Crippen molar-refractivity contribution >= 4 is 44.6 Å². The lowest BCUT2D eigenvalue weighted by Gasteiger charge is -2.13. The zero-order valence-corrected chi connectivity index (χ0v) is 21.8. The van der Waals surface area contributed by atoms with Gasteiger partial charge in [-0.3, -0.25) is 9.59 Å². The lowest BCUT2D eigenvalue weighted by Crippen LogP contribution is -2.22. The van der Waals surface area contributed by atoms with Crippen molar-refractivity contribution in [1.82, 2.24) is 9.66 Å². The zero-order chi connectivity index (χ0) is 26.4. The molecule has 10 heteroatoms. The van der Waals surface area contributed by atoms with E-state index in [1.165, 1.54) is 29.1 Å². The lowest BCUT2D eigenvalue weighted by atomic mass is 10.2. The first-order valence-corrected chi connectivity index (χ1v) is 12.4. The molecule has 0 unspecified atom stereocenters. The standard InChI is InChI=1S/C27H24BrFN4O4/c1-3-25-32-22-10-9-18(28)13-21(22)27(35)33(25)30-15-17-8-11-23(24(12-17)36-4-2)37-16-26(34)31-20-7-5-6-19(29)14-20/h5-15H,3-4,16H2,1-2H3,(H,31,34). The number of fused-ring (bicyclic) bond motifs is 1. The van der Waals surface area contributed by atoms with Gasteiger partial charge in [0.15, 0.2) is 18.1 Å². The summed E-state index contributed by atoms with van der Waals surface area (Å²) in [6, 6.07) is 16.0. The molecule has 190 valence electrons. The molecule has 0 spiro atoms. The molecular formula is C27H24BrFN4O4. The third-order valence-electron chi connectivity index (χ3n) is 5.25. The number of halogens is 2. The molecule has 3 aromatic carbocycles. The monoisotopic (exact) mass is 566 g/mol. The number of amides is 1. The Morgan fingerprint density at radius 1 is 1.11 bits per heavy atom. The number of carbonyl (C=O) groups excluding carboxylic acids is 1. The quantitative estimate of drug-likeness (QED) is 0.282. The molecule has 0 fully saturated rings. The Morgan fingerprint density at radius 2 is 1.95 bits per heavy atom. The summed E-state index contributed by atoms with van der Waals surface area (Å²) in [6.45, 7) is 3.81. The van der Waals surface area contributed by atoms with Gasteiger partial charge < -0.3 is 14.8 Å². The number of aryl methyl sites for hydroxylation is 1. The Labute approximate surface area is 220 Å². The maximum absolute atomic E-state index is 13.3. The van der Waals surface area contributed by atoms with E-state index >= 15 is 0 Å². The van der Waals surface area contributed by atoms with Crippen molar-refractivity contribution in [2.24, 2.45) is 5.10 Å². The molecule has 0 saturated carbocycles. The van der Waals surface area contributed by atoms with Crippen LogP contribution in [0.15, 0.2) is 75.0 Å². The fraction of sp³-hybridized carbons (Fsp3) is 0.185. The van der Waals surface area contributed by atoms with Gasteiger partial charge in [0.1, 0.15) is 11.6 Å². The normalized spacial score (nSPS) is 11.1. The first-order valence-electron chi connectivity index (χ1n) is 11.6. The van der Waals surface area contributed by atoms with Crippen LogP contribution in [-0.4, -0.2) is 35.0 Å². The summed E-state index contributed by atoms with van der Waals surface area (Å²) in [7, 11) is 0. The van der Waals surface area contributed by atoms with Gasteiger partial charge in [-0.25, -0.2) is 9.37 Å². The summed E-state index contributed by atoms with van der Waals surface area (Å²) < 4.78 is 26.7. The molecule has 4 aromatic rings. The van der Waals surface area contributed by atoms with Crippen LogP contribution >= 0.6 is 15.9 Å². The van der Waals surface area contributed by atoms with E-state index in [-0.39, 0.29) is 12.2 Å². The minimum Gasteiger partial charge on any atom is -0.490 e. The second-order valence-electron chi connectivity index (χ2n) is 7.89. The number of nitrogens with zero attached hydrogens (tertiary/aromatic N) is 3. The Morgan fingerprint density at radius 3 is 2.70 bits per heavy atom. The Kier molecular flexibility index (Phi) is 8.29. The molecule has 0 aliphatic rings. The molecule has 0 atom stereocenters. The third kappa shape index (κ3) is 6.39. The fourth-order valence-corrected chi connectivity index (χ4v) is 3.93. The molecule has 8 nitrogen and oxygen atoms in total. The van der Waals surface area contributed by atoms with E-state index in [1.807, 2.05) is 19.9 Å². The first-order chi connectivity index (χ1) is 17.9. The molecule has 4 rings (SSSR count). The second kappa shape index (κ2) is 11.8. The molecule has 0 aliphatic heterocycles. The van der Waals surface area contributed by atoms with Crippen molar-refractivity contribution in [2.45, 2.75) is 20.3 Å². The predicted octanol–water partition coefficient (Wildman–Crippen LogP) is 5.16. The highest BCUT2D eigenvalue weighted by Gasteiger charge is 2.12. The lowest BCUT2D eigenvalue weighted by molar-refractivity contribution is -0.118. The van der Waals surface area contributed by atoms with Crippen molar-refractivity contribution in [3.05, 3.63) is 92.7 Å². The van der Waals surface area contributed by atoms with Gasteiger partial charge in [0.2, 0.25) is 0 Å². The smallest absolute Gasteiger partial charge is 0.282 e. The Balaban J connectivity index is 1.54. The number of hydrogen-bond donors (Lipinski definition) is 1. The number of benzene rings is 3. The molecule has 1 heterocycles. The predicted molar refractivity (Wildman–Crippen MR) is 144 cm³/mol. The number of ether oxygens (including phenoxy) is 2. The average molecular weight is 567 g/mol. The maximum atomic E-state index is 13.3. The number of nitrogens with one attached hydrogen (secondary N) is 1. The van der Waals surface area contributed by atoms with Crippen LogP contribution in [0.4, 0.5) is 10.1 Å². The van der Waals surface area contributed by atoms with Gasteiger partial charge >= 0.3 is 0 Å². The molecule has 1 aromatic heterocycles. The second-order valence-corrected chi connectivity index (χ2v) is 8.81. The summed E-state index contributed by atoms with van der Waals surface area (Å²) in [5.41, 5.74) is 1.33. The van der Waals surface area contributed by atoms with Gasteiger partial charge in [-0.1, -0.05) is 28.9 Å². The fourth-order valence-electron chi connectivity index (χ4n) is 3.57. The van der Waals surface area contributed by atoms with Crippen molar-refractivity contribution in [2.75, 3.05) is 18.5 Å². The highest BCUT2D eigenvalue weighted by atomic mass is 79.9. The number of carbonyl (C=O) groups is 1. The van der Waals surface area contributed by atoms with Gasteiger partial charge in [0.25, 0.3) is 11.5 Å². The number of anilines is 1. The molecule has 1 amide bonds. The van der Waals surface area contributed by atoms with Crippen molar-refractivity contribution in [1.29, 1.82) is 0 Å². The molecule has 0 aliphatic carbocycles. The van der Waals surface area contributed by atoms with Crippen molar-refractivity contribution in [3.63, 3.8) is 0 Å². The minimum absolute atomic E-state index is 0.270. The van der Waals surface area contributed by atoms with Crippen LogP contribution in [0.5, 0.6) is 11.5 Å². The van der Waals surface area contributed by atoms with Crippen molar-refractivity contribution < 1.29 is 18.7 Å². The van der Waals surface area contributed by atoms with Crippen LogP contribution in [0.2, 0.25) is 0 Å². The molecule has 37 heavy (non-hydrogen) atoms. The molecule has 0 saturated heterocycles. The molecule has 0 radical (unpaired) electrons. The van der Waals surface area contributed by atoms with E-state index in [0.29, 0.717) is 52.5 Å².